The molecule has 1 aliphatic heterocycles. The number of aliphatic hydroxyl groups is 1. The number of rotatable bonds is 1. The van der Waals surface area contributed by atoms with Crippen molar-refractivity contribution in [2.45, 2.75) is 19.6 Å². The van der Waals surface area contributed by atoms with Crippen LogP contribution in [0.1, 0.15) is 23.1 Å². The van der Waals surface area contributed by atoms with E-state index in [0.717, 1.165) is 22.5 Å². The summed E-state index contributed by atoms with van der Waals surface area (Å²) in [6, 6.07) is 8.07. The summed E-state index contributed by atoms with van der Waals surface area (Å²) in [4.78, 5) is 8.97. The van der Waals surface area contributed by atoms with Crippen molar-refractivity contribution < 1.29 is 5.11 Å². The standard InChI is InChI=1S/C14H15N3O/c1-9-4-2-3-5-10(9)11-7-16-12-6-15-8-13(18)14(12)17-11/h2-5,7,13,15,18H,6,8H2,1H3. The third-order valence-electron chi connectivity index (χ3n) is 3.25. The van der Waals surface area contributed by atoms with Gasteiger partial charge in [0.15, 0.2) is 0 Å². The molecule has 4 nitrogen and oxygen atoms in total. The number of nitrogens with one attached hydrogen (secondary N) is 1. The lowest BCUT2D eigenvalue weighted by Gasteiger charge is -2.21. The van der Waals surface area contributed by atoms with Gasteiger partial charge < -0.3 is 10.4 Å². The Morgan fingerprint density at radius 1 is 1.33 bits per heavy atom. The van der Waals surface area contributed by atoms with E-state index in [1.165, 1.54) is 0 Å². The average molecular weight is 241 g/mol. The lowest BCUT2D eigenvalue weighted by atomic mass is 10.0. The van der Waals surface area contributed by atoms with Crippen LogP contribution in [0.25, 0.3) is 11.3 Å². The Bertz CT molecular complexity index is 583. The van der Waals surface area contributed by atoms with E-state index in [1.54, 1.807) is 6.20 Å². The van der Waals surface area contributed by atoms with Gasteiger partial charge in [0.25, 0.3) is 0 Å². The van der Waals surface area contributed by atoms with Crippen molar-refractivity contribution in [3.63, 3.8) is 0 Å². The molecule has 2 heterocycles. The van der Waals surface area contributed by atoms with Crippen LogP contribution in [0.5, 0.6) is 0 Å². The molecule has 0 saturated carbocycles. The largest absolute Gasteiger partial charge is 0.385 e. The Morgan fingerprint density at radius 3 is 3.00 bits per heavy atom. The molecule has 0 spiro atoms. The Hall–Kier alpha value is -1.78. The van der Waals surface area contributed by atoms with E-state index < -0.39 is 6.10 Å². The second kappa shape index (κ2) is 4.48. The molecular weight excluding hydrogens is 226 g/mol. The quantitative estimate of drug-likeness (QED) is 0.796. The van der Waals surface area contributed by atoms with Crippen molar-refractivity contribution in [1.82, 2.24) is 15.3 Å². The molecule has 1 aliphatic rings. The van der Waals surface area contributed by atoms with Gasteiger partial charge in [0.1, 0.15) is 6.10 Å². The predicted molar refractivity (Wildman–Crippen MR) is 68.9 cm³/mol. The normalized spacial score (nSPS) is 18.4. The summed E-state index contributed by atoms with van der Waals surface area (Å²) >= 11 is 0. The van der Waals surface area contributed by atoms with Crippen LogP contribution in [0.15, 0.2) is 30.5 Å². The highest BCUT2D eigenvalue weighted by atomic mass is 16.3. The fourth-order valence-corrected chi connectivity index (χ4v) is 2.25. The number of hydrogen-bond donors (Lipinski definition) is 2. The van der Waals surface area contributed by atoms with Gasteiger partial charge in [0, 0.05) is 18.7 Å². The van der Waals surface area contributed by atoms with Crippen LogP contribution in [-0.2, 0) is 6.54 Å². The van der Waals surface area contributed by atoms with Gasteiger partial charge in [-0.25, -0.2) is 4.98 Å². The zero-order chi connectivity index (χ0) is 12.5. The molecule has 0 radical (unpaired) electrons. The van der Waals surface area contributed by atoms with E-state index in [-0.39, 0.29) is 0 Å². The third kappa shape index (κ3) is 1.89. The number of fused-ring (bicyclic) bond motifs is 1. The van der Waals surface area contributed by atoms with Gasteiger partial charge in [0.2, 0.25) is 0 Å². The smallest absolute Gasteiger partial charge is 0.110 e. The molecule has 0 amide bonds. The van der Waals surface area contributed by atoms with Crippen LogP contribution in [0.3, 0.4) is 0 Å². The number of β-amino-alcohol motifs (C(OH)–C–C–N with tert-alkyl or cyclic N) is 1. The predicted octanol–water partition coefficient (Wildman–Crippen LogP) is 1.59. The van der Waals surface area contributed by atoms with Crippen LogP contribution < -0.4 is 5.32 Å². The second-order valence-electron chi connectivity index (χ2n) is 4.55. The fraction of sp³-hybridized carbons (Fsp3) is 0.286. The first-order valence-electron chi connectivity index (χ1n) is 6.06. The summed E-state index contributed by atoms with van der Waals surface area (Å²) < 4.78 is 0. The van der Waals surface area contributed by atoms with E-state index in [4.69, 9.17) is 0 Å². The van der Waals surface area contributed by atoms with Crippen molar-refractivity contribution >= 4 is 0 Å². The van der Waals surface area contributed by atoms with Gasteiger partial charge in [-0.2, -0.15) is 0 Å². The van der Waals surface area contributed by atoms with Gasteiger partial charge in [-0.1, -0.05) is 24.3 Å². The Morgan fingerprint density at radius 2 is 2.17 bits per heavy atom. The molecule has 0 fully saturated rings. The van der Waals surface area contributed by atoms with Gasteiger partial charge >= 0.3 is 0 Å². The minimum atomic E-state index is -0.565. The number of aliphatic hydroxyl groups excluding tert-OH is 1. The topological polar surface area (TPSA) is 58.0 Å². The third-order valence-corrected chi connectivity index (χ3v) is 3.25. The first-order valence-corrected chi connectivity index (χ1v) is 6.06. The lowest BCUT2D eigenvalue weighted by molar-refractivity contribution is 0.159. The maximum atomic E-state index is 9.94. The van der Waals surface area contributed by atoms with Crippen molar-refractivity contribution in [1.29, 1.82) is 0 Å². The molecule has 1 atom stereocenters. The van der Waals surface area contributed by atoms with Gasteiger partial charge in [0.05, 0.1) is 23.3 Å². The van der Waals surface area contributed by atoms with Crippen LogP contribution in [-0.4, -0.2) is 21.6 Å². The van der Waals surface area contributed by atoms with E-state index in [0.29, 0.717) is 18.8 Å². The van der Waals surface area contributed by atoms with E-state index in [2.05, 4.69) is 28.3 Å². The number of aryl methyl sites for hydroxylation is 1. The first kappa shape index (κ1) is 11.3. The number of nitrogens with zero attached hydrogens (tertiary/aromatic N) is 2. The number of benzene rings is 1. The lowest BCUT2D eigenvalue weighted by Crippen LogP contribution is -2.29. The molecule has 1 aromatic carbocycles. The summed E-state index contributed by atoms with van der Waals surface area (Å²) in [5, 5.41) is 13.0. The van der Waals surface area contributed by atoms with Crippen LogP contribution in [0.2, 0.25) is 0 Å². The highest BCUT2D eigenvalue weighted by molar-refractivity contribution is 5.62. The van der Waals surface area contributed by atoms with Crippen LogP contribution >= 0.6 is 0 Å². The van der Waals surface area contributed by atoms with Gasteiger partial charge in [-0.15, -0.1) is 0 Å². The number of hydrogen-bond acceptors (Lipinski definition) is 4. The molecule has 1 aromatic heterocycles. The highest BCUT2D eigenvalue weighted by Crippen LogP contribution is 2.24. The average Bonchev–Trinajstić information content (AvgIpc) is 2.40. The second-order valence-corrected chi connectivity index (χ2v) is 4.55. The van der Waals surface area contributed by atoms with Crippen molar-refractivity contribution in [2.24, 2.45) is 0 Å². The molecular formula is C14H15N3O. The first-order chi connectivity index (χ1) is 8.75. The van der Waals surface area contributed by atoms with Crippen molar-refractivity contribution in [3.05, 3.63) is 47.4 Å². The van der Waals surface area contributed by atoms with Crippen molar-refractivity contribution in [3.8, 4) is 11.3 Å². The van der Waals surface area contributed by atoms with E-state index in [9.17, 15) is 5.11 Å². The zero-order valence-electron chi connectivity index (χ0n) is 10.2. The SMILES string of the molecule is Cc1ccccc1-c1cnc2c(n1)C(O)CNC2. The Labute approximate surface area is 106 Å². The molecule has 2 N–H and O–H groups in total. The zero-order valence-corrected chi connectivity index (χ0v) is 10.2. The highest BCUT2D eigenvalue weighted by Gasteiger charge is 2.21. The Balaban J connectivity index is 2.10. The fourth-order valence-electron chi connectivity index (χ4n) is 2.25. The molecule has 1 unspecified atom stereocenters. The van der Waals surface area contributed by atoms with Crippen LogP contribution in [0, 0.1) is 6.92 Å². The van der Waals surface area contributed by atoms with Gasteiger partial charge in [-0.3, -0.25) is 4.98 Å². The molecule has 92 valence electrons. The Kier molecular flexibility index (Phi) is 2.81. The molecule has 0 aliphatic carbocycles. The van der Waals surface area contributed by atoms with Crippen molar-refractivity contribution in [2.75, 3.05) is 6.54 Å². The van der Waals surface area contributed by atoms with E-state index >= 15 is 0 Å². The molecule has 4 heteroatoms. The summed E-state index contributed by atoms with van der Waals surface area (Å²) in [5.74, 6) is 0. The maximum Gasteiger partial charge on any atom is 0.110 e. The summed E-state index contributed by atoms with van der Waals surface area (Å²) in [6.45, 7) is 3.26. The maximum absolute atomic E-state index is 9.94. The molecule has 3 rings (SSSR count). The summed E-state index contributed by atoms with van der Waals surface area (Å²) in [7, 11) is 0. The molecule has 0 saturated heterocycles. The number of aromatic nitrogens is 2. The van der Waals surface area contributed by atoms with Crippen LogP contribution in [0.4, 0.5) is 0 Å². The van der Waals surface area contributed by atoms with Gasteiger partial charge in [-0.05, 0) is 12.5 Å². The monoisotopic (exact) mass is 241 g/mol. The molecule has 0 bridgehead atoms. The summed E-state index contributed by atoms with van der Waals surface area (Å²) in [5.41, 5.74) is 4.60. The summed E-state index contributed by atoms with van der Waals surface area (Å²) in [6.07, 6.45) is 1.21. The minimum absolute atomic E-state index is 0.541. The molecule has 2 aromatic rings. The van der Waals surface area contributed by atoms with E-state index in [1.807, 2.05) is 18.2 Å². The molecule has 18 heavy (non-hydrogen) atoms. The minimum Gasteiger partial charge on any atom is -0.385 e.